The molecule has 1 aliphatic carbocycles. The molecule has 1 N–H and O–H groups in total. The highest BCUT2D eigenvalue weighted by Crippen LogP contribution is 2.51. The number of carbonyl (C=O) groups excluding carboxylic acids is 1. The molecule has 0 atom stereocenters. The second-order valence-corrected chi connectivity index (χ2v) is 11.0. The molecule has 0 aromatic heterocycles. The van der Waals surface area contributed by atoms with Gasteiger partial charge in [0.25, 0.3) is 0 Å². The minimum Gasteiger partial charge on any atom is -0.454 e. The molecule has 3 aromatic rings. The number of sulfonamides is 1. The SMILES string of the molecule is Cc1c(NC(=O)C2(c3ccc4c(c3)OCO4)CC2)cccc1-c1cccc(S(=O)(=O)N(C)C)c1.[HH]. The summed E-state index contributed by atoms with van der Waals surface area (Å²) < 4.78 is 37.3. The minimum atomic E-state index is -3.55. The van der Waals surface area contributed by atoms with Crippen LogP contribution in [0.1, 0.15) is 25.4 Å². The van der Waals surface area contributed by atoms with Gasteiger partial charge in [0, 0.05) is 21.2 Å². The second kappa shape index (κ2) is 8.14. The summed E-state index contributed by atoms with van der Waals surface area (Å²) in [5.41, 5.74) is 3.55. The molecule has 34 heavy (non-hydrogen) atoms. The van der Waals surface area contributed by atoms with Crippen LogP contribution >= 0.6 is 0 Å². The van der Waals surface area contributed by atoms with Gasteiger partial charge in [0.2, 0.25) is 22.7 Å². The third-order valence-electron chi connectivity index (χ3n) is 6.62. The maximum Gasteiger partial charge on any atom is 0.242 e. The minimum absolute atomic E-state index is 0. The van der Waals surface area contributed by atoms with E-state index in [0.29, 0.717) is 17.2 Å². The van der Waals surface area contributed by atoms with Crippen LogP contribution in [-0.2, 0) is 20.2 Å². The van der Waals surface area contributed by atoms with Crippen molar-refractivity contribution in [3.05, 3.63) is 71.8 Å². The predicted octanol–water partition coefficient (Wildman–Crippen LogP) is 4.56. The number of hydrogen-bond acceptors (Lipinski definition) is 5. The Morgan fingerprint density at radius 1 is 1.00 bits per heavy atom. The van der Waals surface area contributed by atoms with Crippen molar-refractivity contribution in [1.29, 1.82) is 0 Å². The summed E-state index contributed by atoms with van der Waals surface area (Å²) in [7, 11) is -0.529. The smallest absolute Gasteiger partial charge is 0.242 e. The Kier molecular flexibility index (Phi) is 5.37. The number of ether oxygens (including phenoxy) is 2. The van der Waals surface area contributed by atoms with Crippen molar-refractivity contribution in [2.24, 2.45) is 0 Å². The lowest BCUT2D eigenvalue weighted by Crippen LogP contribution is -2.28. The molecule has 1 aliphatic heterocycles. The summed E-state index contributed by atoms with van der Waals surface area (Å²) in [6.07, 6.45) is 1.53. The highest BCUT2D eigenvalue weighted by atomic mass is 32.2. The number of fused-ring (bicyclic) bond motifs is 1. The molecule has 1 fully saturated rings. The number of nitrogens with one attached hydrogen (secondary N) is 1. The molecule has 7 nitrogen and oxygen atoms in total. The summed E-state index contributed by atoms with van der Waals surface area (Å²) >= 11 is 0. The van der Waals surface area contributed by atoms with Crippen molar-refractivity contribution < 1.29 is 24.1 Å². The van der Waals surface area contributed by atoms with Crippen LogP contribution in [0.15, 0.2) is 65.6 Å². The van der Waals surface area contributed by atoms with E-state index in [9.17, 15) is 13.2 Å². The van der Waals surface area contributed by atoms with Crippen molar-refractivity contribution >= 4 is 21.6 Å². The Bertz CT molecular complexity index is 1400. The van der Waals surface area contributed by atoms with Gasteiger partial charge in [-0.1, -0.05) is 30.3 Å². The monoisotopic (exact) mass is 480 g/mol. The van der Waals surface area contributed by atoms with Crippen molar-refractivity contribution in [2.75, 3.05) is 26.2 Å². The average Bonchev–Trinajstić information content (AvgIpc) is 3.51. The predicted molar refractivity (Wildman–Crippen MR) is 132 cm³/mol. The van der Waals surface area contributed by atoms with Crippen molar-refractivity contribution in [1.82, 2.24) is 4.31 Å². The molecule has 5 rings (SSSR count). The zero-order valence-corrected chi connectivity index (χ0v) is 20.1. The lowest BCUT2D eigenvalue weighted by atomic mass is 9.93. The maximum atomic E-state index is 13.4. The maximum absolute atomic E-state index is 13.4. The molecule has 2 aliphatic rings. The van der Waals surface area contributed by atoms with Gasteiger partial charge in [-0.05, 0) is 72.4 Å². The Labute approximate surface area is 200 Å². The van der Waals surface area contributed by atoms with Crippen LogP contribution in [-0.4, -0.2) is 39.5 Å². The normalized spacial score (nSPS) is 15.9. The summed E-state index contributed by atoms with van der Waals surface area (Å²) in [5, 5.41) is 3.11. The Morgan fingerprint density at radius 2 is 1.74 bits per heavy atom. The zero-order valence-electron chi connectivity index (χ0n) is 19.3. The van der Waals surface area contributed by atoms with E-state index in [4.69, 9.17) is 9.47 Å². The van der Waals surface area contributed by atoms with Gasteiger partial charge in [-0.25, -0.2) is 12.7 Å². The number of benzene rings is 3. The number of nitrogens with zero attached hydrogens (tertiary/aromatic N) is 1. The molecule has 0 spiro atoms. The Balaban J connectivity index is 0.00000289. The van der Waals surface area contributed by atoms with Gasteiger partial charge in [0.05, 0.1) is 10.3 Å². The van der Waals surface area contributed by atoms with Crippen molar-refractivity contribution in [2.45, 2.75) is 30.1 Å². The van der Waals surface area contributed by atoms with E-state index in [2.05, 4.69) is 5.32 Å². The molecule has 0 radical (unpaired) electrons. The number of carbonyl (C=O) groups is 1. The van der Waals surface area contributed by atoms with Crippen molar-refractivity contribution in [3.8, 4) is 22.6 Å². The van der Waals surface area contributed by atoms with E-state index in [1.165, 1.54) is 18.4 Å². The third kappa shape index (κ3) is 3.73. The second-order valence-electron chi connectivity index (χ2n) is 8.90. The standard InChI is InChI=1S/C26H26N2O5S.H2/c1-17-21(18-6-4-7-20(14-18)34(30,31)28(2)3)8-5-9-22(17)27-25(29)26(12-13-26)19-10-11-23-24(15-19)33-16-32-23;/h4-11,14-15H,12-13,16H2,1-3H3,(H,27,29);1H. The molecular weight excluding hydrogens is 452 g/mol. The molecule has 0 bridgehead atoms. The fourth-order valence-electron chi connectivity index (χ4n) is 4.33. The van der Waals surface area contributed by atoms with Gasteiger partial charge in [0.1, 0.15) is 0 Å². The molecule has 3 aromatic carbocycles. The van der Waals surface area contributed by atoms with Gasteiger partial charge >= 0.3 is 0 Å². The highest BCUT2D eigenvalue weighted by molar-refractivity contribution is 7.89. The number of amides is 1. The molecule has 1 heterocycles. The number of anilines is 1. The van der Waals surface area contributed by atoms with Crippen molar-refractivity contribution in [3.63, 3.8) is 0 Å². The zero-order chi connectivity index (χ0) is 24.1. The van der Waals surface area contributed by atoms with E-state index < -0.39 is 15.4 Å². The fraction of sp³-hybridized carbons (Fsp3) is 0.269. The van der Waals surface area contributed by atoms with Gasteiger partial charge < -0.3 is 14.8 Å². The molecule has 0 unspecified atom stereocenters. The van der Waals surface area contributed by atoms with E-state index in [1.54, 1.807) is 18.2 Å². The summed E-state index contributed by atoms with van der Waals surface area (Å²) in [6.45, 7) is 2.12. The lowest BCUT2D eigenvalue weighted by molar-refractivity contribution is -0.118. The molecular formula is C26H28N2O5S. The number of rotatable bonds is 6. The van der Waals surface area contributed by atoms with E-state index >= 15 is 0 Å². The van der Waals surface area contributed by atoms with Crippen LogP contribution in [0.4, 0.5) is 5.69 Å². The summed E-state index contributed by atoms with van der Waals surface area (Å²) in [5.74, 6) is 1.31. The largest absolute Gasteiger partial charge is 0.454 e. The fourth-order valence-corrected chi connectivity index (χ4v) is 5.27. The Morgan fingerprint density at radius 3 is 2.47 bits per heavy atom. The number of hydrogen-bond donors (Lipinski definition) is 1. The first-order chi connectivity index (χ1) is 16.2. The van der Waals surface area contributed by atoms with Gasteiger partial charge in [-0.15, -0.1) is 0 Å². The molecule has 0 saturated heterocycles. The lowest BCUT2D eigenvalue weighted by Gasteiger charge is -2.19. The topological polar surface area (TPSA) is 84.9 Å². The summed E-state index contributed by atoms with van der Waals surface area (Å²) in [6, 6.07) is 18.2. The van der Waals surface area contributed by atoms with Gasteiger partial charge in [-0.2, -0.15) is 0 Å². The molecule has 1 amide bonds. The first-order valence-corrected chi connectivity index (χ1v) is 12.5. The quantitative estimate of drug-likeness (QED) is 0.559. The molecule has 178 valence electrons. The third-order valence-corrected chi connectivity index (χ3v) is 8.43. The van der Waals surface area contributed by atoms with Gasteiger partial charge in [0.15, 0.2) is 11.5 Å². The van der Waals surface area contributed by atoms with E-state index in [1.807, 2.05) is 49.4 Å². The van der Waals surface area contributed by atoms with Crippen LogP contribution in [0.3, 0.4) is 0 Å². The molecule has 8 heteroatoms. The average molecular weight is 481 g/mol. The van der Waals surface area contributed by atoms with E-state index in [0.717, 1.165) is 35.1 Å². The molecule has 1 saturated carbocycles. The first kappa shape index (κ1) is 22.4. The summed E-state index contributed by atoms with van der Waals surface area (Å²) in [4.78, 5) is 13.6. The van der Waals surface area contributed by atoms with Crippen LogP contribution in [0.5, 0.6) is 11.5 Å². The van der Waals surface area contributed by atoms with Gasteiger partial charge in [-0.3, -0.25) is 4.79 Å². The first-order valence-electron chi connectivity index (χ1n) is 11.1. The van der Waals surface area contributed by atoms with Crippen LogP contribution in [0.25, 0.3) is 11.1 Å². The van der Waals surface area contributed by atoms with Crippen LogP contribution in [0, 0.1) is 6.92 Å². The Hall–Kier alpha value is -3.36. The van der Waals surface area contributed by atoms with E-state index in [-0.39, 0.29) is 19.0 Å². The highest BCUT2D eigenvalue weighted by Gasteiger charge is 2.51. The van der Waals surface area contributed by atoms with Crippen LogP contribution in [0.2, 0.25) is 0 Å². The van der Waals surface area contributed by atoms with Crippen LogP contribution < -0.4 is 14.8 Å².